The van der Waals surface area contributed by atoms with Crippen LogP contribution in [0, 0.1) is 0 Å². The second-order valence-corrected chi connectivity index (χ2v) is 5.19. The normalized spacial score (nSPS) is 13.8. The third-order valence-electron chi connectivity index (χ3n) is 3.61. The van der Waals surface area contributed by atoms with E-state index < -0.39 is 6.10 Å². The van der Waals surface area contributed by atoms with Crippen LogP contribution in [0.15, 0.2) is 60.7 Å². The van der Waals surface area contributed by atoms with Gasteiger partial charge in [0.15, 0.2) is 0 Å². The first kappa shape index (κ1) is 15.7. The van der Waals surface area contributed by atoms with Gasteiger partial charge in [-0.15, -0.1) is 0 Å². The molecule has 0 aliphatic heterocycles. The zero-order valence-corrected chi connectivity index (χ0v) is 12.3. The zero-order chi connectivity index (χ0) is 14.9. The summed E-state index contributed by atoms with van der Waals surface area (Å²) in [4.78, 5) is 0. The van der Waals surface area contributed by atoms with Gasteiger partial charge in [0.05, 0.1) is 12.1 Å². The van der Waals surface area contributed by atoms with Crippen molar-refractivity contribution in [2.45, 2.75) is 25.0 Å². The van der Waals surface area contributed by atoms with E-state index in [0.29, 0.717) is 6.54 Å². The van der Waals surface area contributed by atoms with Gasteiger partial charge in [-0.05, 0) is 37.1 Å². The van der Waals surface area contributed by atoms with Crippen LogP contribution in [0.1, 0.15) is 36.1 Å². The average Bonchev–Trinajstić information content (AvgIpc) is 2.56. The van der Waals surface area contributed by atoms with E-state index in [0.717, 1.165) is 30.5 Å². The predicted octanol–water partition coefficient (Wildman–Crippen LogP) is 2.79. The highest BCUT2D eigenvalue weighted by Gasteiger charge is 2.21. The lowest BCUT2D eigenvalue weighted by Crippen LogP contribution is -2.28. The Morgan fingerprint density at radius 3 is 2.00 bits per heavy atom. The highest BCUT2D eigenvalue weighted by atomic mass is 16.3. The standard InChI is InChI=1S/C18H24N2O/c19-13-7-8-14-20-17(15-9-3-1-4-10-15)18(21)16-11-5-2-6-12-16/h1-6,9-12,17-18,20-21H,7-8,13-14,19H2/t17-,18+/m1/s1. The lowest BCUT2D eigenvalue weighted by atomic mass is 9.95. The van der Waals surface area contributed by atoms with Gasteiger partial charge in [-0.1, -0.05) is 60.7 Å². The molecule has 4 N–H and O–H groups in total. The second kappa shape index (κ2) is 8.57. The van der Waals surface area contributed by atoms with E-state index in [9.17, 15) is 5.11 Å². The van der Waals surface area contributed by atoms with Gasteiger partial charge in [0.1, 0.15) is 0 Å². The molecule has 21 heavy (non-hydrogen) atoms. The maximum atomic E-state index is 10.7. The monoisotopic (exact) mass is 284 g/mol. The number of hydrogen-bond acceptors (Lipinski definition) is 3. The molecule has 0 bridgehead atoms. The summed E-state index contributed by atoms with van der Waals surface area (Å²) in [5.41, 5.74) is 7.56. The van der Waals surface area contributed by atoms with E-state index in [2.05, 4.69) is 5.32 Å². The molecule has 0 aliphatic carbocycles. The Hall–Kier alpha value is -1.68. The minimum atomic E-state index is -0.563. The highest BCUT2D eigenvalue weighted by molar-refractivity contribution is 5.26. The van der Waals surface area contributed by atoms with Crippen LogP contribution >= 0.6 is 0 Å². The summed E-state index contributed by atoms with van der Waals surface area (Å²) in [6, 6.07) is 19.8. The molecule has 2 rings (SSSR count). The molecular weight excluding hydrogens is 260 g/mol. The predicted molar refractivity (Wildman–Crippen MR) is 86.9 cm³/mol. The van der Waals surface area contributed by atoms with Crippen LogP contribution < -0.4 is 11.1 Å². The Balaban J connectivity index is 2.11. The maximum absolute atomic E-state index is 10.7. The van der Waals surface area contributed by atoms with Crippen LogP contribution in [0.4, 0.5) is 0 Å². The number of nitrogens with two attached hydrogens (primary N) is 1. The van der Waals surface area contributed by atoms with Crippen molar-refractivity contribution in [2.24, 2.45) is 5.73 Å². The number of rotatable bonds is 8. The van der Waals surface area contributed by atoms with Crippen LogP contribution in [0.5, 0.6) is 0 Å². The average molecular weight is 284 g/mol. The molecule has 2 atom stereocenters. The number of nitrogens with one attached hydrogen (secondary N) is 1. The van der Waals surface area contributed by atoms with Crippen molar-refractivity contribution in [1.82, 2.24) is 5.32 Å². The van der Waals surface area contributed by atoms with Gasteiger partial charge in [0.2, 0.25) is 0 Å². The zero-order valence-electron chi connectivity index (χ0n) is 12.3. The largest absolute Gasteiger partial charge is 0.386 e. The highest BCUT2D eigenvalue weighted by Crippen LogP contribution is 2.28. The van der Waals surface area contributed by atoms with Gasteiger partial charge < -0.3 is 16.2 Å². The molecule has 0 unspecified atom stereocenters. The Labute approximate surface area is 126 Å². The lowest BCUT2D eigenvalue weighted by molar-refractivity contribution is 0.128. The van der Waals surface area contributed by atoms with E-state index >= 15 is 0 Å². The van der Waals surface area contributed by atoms with Crippen molar-refractivity contribution < 1.29 is 5.11 Å². The molecule has 0 saturated heterocycles. The van der Waals surface area contributed by atoms with E-state index in [1.807, 2.05) is 60.7 Å². The number of aliphatic hydroxyl groups is 1. The molecule has 0 amide bonds. The number of unbranched alkanes of at least 4 members (excludes halogenated alkanes) is 1. The molecule has 0 spiro atoms. The summed E-state index contributed by atoms with van der Waals surface area (Å²) in [5.74, 6) is 0. The Morgan fingerprint density at radius 1 is 0.857 bits per heavy atom. The van der Waals surface area contributed by atoms with Gasteiger partial charge in [0, 0.05) is 0 Å². The van der Waals surface area contributed by atoms with Crippen molar-refractivity contribution >= 4 is 0 Å². The minimum Gasteiger partial charge on any atom is -0.386 e. The summed E-state index contributed by atoms with van der Waals surface area (Å²) in [7, 11) is 0. The van der Waals surface area contributed by atoms with Crippen molar-refractivity contribution in [3.8, 4) is 0 Å². The maximum Gasteiger partial charge on any atom is 0.0984 e. The molecular formula is C18H24N2O. The van der Waals surface area contributed by atoms with Crippen LogP contribution in [0.25, 0.3) is 0 Å². The Morgan fingerprint density at radius 2 is 1.43 bits per heavy atom. The van der Waals surface area contributed by atoms with Crippen LogP contribution in [-0.2, 0) is 0 Å². The first-order chi connectivity index (χ1) is 10.3. The Kier molecular flexibility index (Phi) is 6.41. The Bertz CT molecular complexity index is 501. The fraction of sp³-hybridized carbons (Fsp3) is 0.333. The summed E-state index contributed by atoms with van der Waals surface area (Å²) in [6.07, 6.45) is 1.45. The number of benzene rings is 2. The molecule has 112 valence electrons. The van der Waals surface area contributed by atoms with Crippen LogP contribution in [0.3, 0.4) is 0 Å². The molecule has 0 aromatic heterocycles. The van der Waals surface area contributed by atoms with Crippen molar-refractivity contribution in [3.63, 3.8) is 0 Å². The fourth-order valence-electron chi connectivity index (χ4n) is 2.44. The molecule has 0 radical (unpaired) electrons. The molecule has 3 heteroatoms. The van der Waals surface area contributed by atoms with E-state index in [1.54, 1.807) is 0 Å². The SMILES string of the molecule is NCCCCN[C@H](c1ccccc1)[C@@H](O)c1ccccc1. The summed E-state index contributed by atoms with van der Waals surface area (Å²) in [5, 5.41) is 14.2. The molecule has 2 aromatic rings. The molecule has 0 saturated carbocycles. The first-order valence-electron chi connectivity index (χ1n) is 7.54. The summed E-state index contributed by atoms with van der Waals surface area (Å²) in [6.45, 7) is 1.56. The molecule has 0 fully saturated rings. The first-order valence-corrected chi connectivity index (χ1v) is 7.54. The second-order valence-electron chi connectivity index (χ2n) is 5.19. The fourth-order valence-corrected chi connectivity index (χ4v) is 2.44. The smallest absolute Gasteiger partial charge is 0.0984 e. The van der Waals surface area contributed by atoms with Crippen LogP contribution in [0.2, 0.25) is 0 Å². The summed E-state index contributed by atoms with van der Waals surface area (Å²) >= 11 is 0. The van der Waals surface area contributed by atoms with Gasteiger partial charge >= 0.3 is 0 Å². The molecule has 2 aromatic carbocycles. The van der Waals surface area contributed by atoms with Crippen molar-refractivity contribution in [1.29, 1.82) is 0 Å². The summed E-state index contributed by atoms with van der Waals surface area (Å²) < 4.78 is 0. The van der Waals surface area contributed by atoms with E-state index in [-0.39, 0.29) is 6.04 Å². The minimum absolute atomic E-state index is 0.105. The lowest BCUT2D eigenvalue weighted by Gasteiger charge is -2.25. The van der Waals surface area contributed by atoms with Gasteiger partial charge in [-0.3, -0.25) is 0 Å². The number of hydrogen-bond donors (Lipinski definition) is 3. The third kappa shape index (κ3) is 4.67. The van der Waals surface area contributed by atoms with Crippen LogP contribution in [-0.4, -0.2) is 18.2 Å². The molecule has 3 nitrogen and oxygen atoms in total. The van der Waals surface area contributed by atoms with E-state index in [4.69, 9.17) is 5.73 Å². The topological polar surface area (TPSA) is 58.3 Å². The number of aliphatic hydroxyl groups excluding tert-OH is 1. The third-order valence-corrected chi connectivity index (χ3v) is 3.61. The quantitative estimate of drug-likeness (QED) is 0.653. The van der Waals surface area contributed by atoms with Crippen molar-refractivity contribution in [3.05, 3.63) is 71.8 Å². The van der Waals surface area contributed by atoms with E-state index in [1.165, 1.54) is 0 Å². The van der Waals surface area contributed by atoms with Crippen molar-refractivity contribution in [2.75, 3.05) is 13.1 Å². The molecule has 0 aliphatic rings. The van der Waals surface area contributed by atoms with Gasteiger partial charge in [-0.25, -0.2) is 0 Å². The molecule has 0 heterocycles. The van der Waals surface area contributed by atoms with Gasteiger partial charge in [0.25, 0.3) is 0 Å². The van der Waals surface area contributed by atoms with Gasteiger partial charge in [-0.2, -0.15) is 0 Å².